The first-order valence-electron chi connectivity index (χ1n) is 6.46. The van der Waals surface area contributed by atoms with Crippen LogP contribution in [0.25, 0.3) is 21.9 Å². The molecule has 3 aromatic rings. The molecule has 0 spiro atoms. The van der Waals surface area contributed by atoms with Gasteiger partial charge in [-0.05, 0) is 16.5 Å². The second kappa shape index (κ2) is 3.87. The molecule has 0 N–H and O–H groups in total. The van der Waals surface area contributed by atoms with Gasteiger partial charge in [-0.1, -0.05) is 54.6 Å². The standard InChI is InChI=1S/C18H10O2/c19-10-12-9-8-11-4-3-7-14-13-5-1-2-6-15(13)18(20)17(12)16(11)14/h1-10H. The molecule has 0 fully saturated rings. The topological polar surface area (TPSA) is 34.1 Å². The third-order valence-corrected chi connectivity index (χ3v) is 3.89. The first-order valence-corrected chi connectivity index (χ1v) is 6.46. The lowest BCUT2D eigenvalue weighted by molar-refractivity contribution is 0.103. The van der Waals surface area contributed by atoms with Gasteiger partial charge in [0.2, 0.25) is 0 Å². The van der Waals surface area contributed by atoms with Gasteiger partial charge in [0.25, 0.3) is 0 Å². The molecule has 0 radical (unpaired) electrons. The van der Waals surface area contributed by atoms with Crippen LogP contribution < -0.4 is 0 Å². The Balaban J connectivity index is 2.29. The van der Waals surface area contributed by atoms with E-state index >= 15 is 0 Å². The second-order valence-electron chi connectivity index (χ2n) is 4.93. The lowest BCUT2D eigenvalue weighted by atomic mass is 9.81. The predicted octanol–water partition coefficient (Wildman–Crippen LogP) is 3.86. The number of rotatable bonds is 1. The van der Waals surface area contributed by atoms with E-state index in [1.54, 1.807) is 6.07 Å². The molecule has 3 aromatic carbocycles. The fraction of sp³-hybridized carbons (Fsp3) is 0. The summed E-state index contributed by atoms with van der Waals surface area (Å²) in [7, 11) is 0. The highest BCUT2D eigenvalue weighted by molar-refractivity contribution is 6.28. The van der Waals surface area contributed by atoms with Crippen LogP contribution in [0.15, 0.2) is 54.6 Å². The minimum absolute atomic E-state index is 0.0630. The zero-order chi connectivity index (χ0) is 13.7. The van der Waals surface area contributed by atoms with Crippen LogP contribution >= 0.6 is 0 Å². The molecule has 0 saturated heterocycles. The highest BCUT2D eigenvalue weighted by Crippen LogP contribution is 2.40. The van der Waals surface area contributed by atoms with Crippen molar-refractivity contribution in [3.63, 3.8) is 0 Å². The molecule has 94 valence electrons. The number of benzene rings is 3. The van der Waals surface area contributed by atoms with Crippen LogP contribution in [0.2, 0.25) is 0 Å². The maximum absolute atomic E-state index is 12.7. The smallest absolute Gasteiger partial charge is 0.195 e. The zero-order valence-corrected chi connectivity index (χ0v) is 10.6. The van der Waals surface area contributed by atoms with Gasteiger partial charge in [0.05, 0.1) is 0 Å². The highest BCUT2D eigenvalue weighted by atomic mass is 16.1. The van der Waals surface area contributed by atoms with Gasteiger partial charge in [-0.25, -0.2) is 0 Å². The van der Waals surface area contributed by atoms with Gasteiger partial charge in [0.15, 0.2) is 12.1 Å². The van der Waals surface area contributed by atoms with Crippen molar-refractivity contribution >= 4 is 22.8 Å². The molecule has 2 nitrogen and oxygen atoms in total. The Kier molecular flexibility index (Phi) is 2.15. The summed E-state index contributed by atoms with van der Waals surface area (Å²) in [6.45, 7) is 0. The van der Waals surface area contributed by atoms with Crippen molar-refractivity contribution in [2.75, 3.05) is 0 Å². The first-order chi connectivity index (χ1) is 9.81. The SMILES string of the molecule is O=Cc1ccc2cccc3c2c1C(=O)c1ccccc1-3. The molecule has 0 unspecified atom stereocenters. The molecule has 0 bridgehead atoms. The van der Waals surface area contributed by atoms with E-state index in [-0.39, 0.29) is 5.78 Å². The Morgan fingerprint density at radius 1 is 0.750 bits per heavy atom. The van der Waals surface area contributed by atoms with Crippen LogP contribution in [-0.4, -0.2) is 12.1 Å². The second-order valence-corrected chi connectivity index (χ2v) is 4.93. The third-order valence-electron chi connectivity index (χ3n) is 3.89. The Hall–Kier alpha value is -2.74. The Morgan fingerprint density at radius 2 is 1.50 bits per heavy atom. The molecular formula is C18H10O2. The summed E-state index contributed by atoms with van der Waals surface area (Å²) in [6, 6.07) is 17.1. The fourth-order valence-corrected chi connectivity index (χ4v) is 3.01. The quantitative estimate of drug-likeness (QED) is 0.486. The fourth-order valence-electron chi connectivity index (χ4n) is 3.01. The van der Waals surface area contributed by atoms with E-state index in [4.69, 9.17) is 0 Å². The number of fused-ring (bicyclic) bond motifs is 2. The maximum Gasteiger partial charge on any atom is 0.195 e. The number of carbonyl (C=O) groups excluding carboxylic acids is 2. The molecule has 2 heteroatoms. The van der Waals surface area contributed by atoms with Gasteiger partial charge in [-0.3, -0.25) is 9.59 Å². The summed E-state index contributed by atoms with van der Waals surface area (Å²) < 4.78 is 0. The van der Waals surface area contributed by atoms with Gasteiger partial charge in [0.1, 0.15) is 0 Å². The van der Waals surface area contributed by atoms with E-state index in [2.05, 4.69) is 0 Å². The average molecular weight is 258 g/mol. The molecule has 1 aliphatic carbocycles. The van der Waals surface area contributed by atoms with Crippen LogP contribution in [0.1, 0.15) is 26.3 Å². The van der Waals surface area contributed by atoms with Gasteiger partial charge in [-0.15, -0.1) is 0 Å². The minimum atomic E-state index is -0.0630. The first kappa shape index (κ1) is 11.1. The number of hydrogen-bond donors (Lipinski definition) is 0. The Morgan fingerprint density at radius 3 is 2.30 bits per heavy atom. The largest absolute Gasteiger partial charge is 0.298 e. The summed E-state index contributed by atoms with van der Waals surface area (Å²) in [6.07, 6.45) is 0.761. The average Bonchev–Trinajstić information content (AvgIpc) is 2.52. The van der Waals surface area contributed by atoms with Gasteiger partial charge >= 0.3 is 0 Å². The normalized spacial score (nSPS) is 12.3. The van der Waals surface area contributed by atoms with Crippen LogP contribution in [0.3, 0.4) is 0 Å². The molecule has 20 heavy (non-hydrogen) atoms. The molecule has 0 heterocycles. The van der Waals surface area contributed by atoms with Crippen molar-refractivity contribution < 1.29 is 9.59 Å². The van der Waals surface area contributed by atoms with E-state index in [0.717, 1.165) is 28.2 Å². The van der Waals surface area contributed by atoms with E-state index in [9.17, 15) is 9.59 Å². The summed E-state index contributed by atoms with van der Waals surface area (Å²) >= 11 is 0. The monoisotopic (exact) mass is 258 g/mol. The van der Waals surface area contributed by atoms with E-state index in [1.165, 1.54) is 0 Å². The predicted molar refractivity (Wildman–Crippen MR) is 78.2 cm³/mol. The van der Waals surface area contributed by atoms with Crippen LogP contribution in [0, 0.1) is 0 Å². The molecule has 0 aliphatic heterocycles. The number of carbonyl (C=O) groups is 2. The van der Waals surface area contributed by atoms with Crippen molar-refractivity contribution in [1.82, 2.24) is 0 Å². The summed E-state index contributed by atoms with van der Waals surface area (Å²) in [4.78, 5) is 24.0. The van der Waals surface area contributed by atoms with Crippen molar-refractivity contribution in [3.05, 3.63) is 71.3 Å². The molecule has 0 atom stereocenters. The molecule has 0 saturated carbocycles. The summed E-state index contributed by atoms with van der Waals surface area (Å²) in [5, 5.41) is 1.88. The number of ketones is 1. The van der Waals surface area contributed by atoms with Crippen molar-refractivity contribution in [2.45, 2.75) is 0 Å². The van der Waals surface area contributed by atoms with E-state index in [1.807, 2.05) is 48.5 Å². The minimum Gasteiger partial charge on any atom is -0.298 e. The number of aldehydes is 1. The summed E-state index contributed by atoms with van der Waals surface area (Å²) in [5.41, 5.74) is 3.63. The third kappa shape index (κ3) is 1.28. The van der Waals surface area contributed by atoms with Crippen molar-refractivity contribution in [3.8, 4) is 11.1 Å². The molecule has 0 amide bonds. The molecule has 4 rings (SSSR count). The van der Waals surface area contributed by atoms with Crippen LogP contribution in [0.5, 0.6) is 0 Å². The summed E-state index contributed by atoms with van der Waals surface area (Å²) in [5.74, 6) is -0.0630. The zero-order valence-electron chi connectivity index (χ0n) is 10.6. The van der Waals surface area contributed by atoms with Gasteiger partial charge < -0.3 is 0 Å². The Labute approximate surface area is 115 Å². The molecule has 0 aromatic heterocycles. The molecular weight excluding hydrogens is 248 g/mol. The van der Waals surface area contributed by atoms with Crippen LogP contribution in [-0.2, 0) is 0 Å². The van der Waals surface area contributed by atoms with Gasteiger partial charge in [0, 0.05) is 22.1 Å². The van der Waals surface area contributed by atoms with Crippen molar-refractivity contribution in [2.24, 2.45) is 0 Å². The van der Waals surface area contributed by atoms with Crippen molar-refractivity contribution in [1.29, 1.82) is 0 Å². The van der Waals surface area contributed by atoms with Crippen LogP contribution in [0.4, 0.5) is 0 Å². The van der Waals surface area contributed by atoms with E-state index < -0.39 is 0 Å². The molecule has 1 aliphatic rings. The lowest BCUT2D eigenvalue weighted by Gasteiger charge is -2.20. The maximum atomic E-state index is 12.7. The van der Waals surface area contributed by atoms with Gasteiger partial charge in [-0.2, -0.15) is 0 Å². The Bertz CT molecular complexity index is 891. The highest BCUT2D eigenvalue weighted by Gasteiger charge is 2.26. The lowest BCUT2D eigenvalue weighted by Crippen LogP contribution is -2.12. The van der Waals surface area contributed by atoms with E-state index in [0.29, 0.717) is 16.7 Å². The number of hydrogen-bond acceptors (Lipinski definition) is 2.